The van der Waals surface area contributed by atoms with E-state index in [4.69, 9.17) is 14.7 Å². The van der Waals surface area contributed by atoms with E-state index in [-0.39, 0.29) is 30.9 Å². The van der Waals surface area contributed by atoms with Crippen molar-refractivity contribution in [3.63, 3.8) is 0 Å². The predicted octanol–water partition coefficient (Wildman–Crippen LogP) is 4.96. The van der Waals surface area contributed by atoms with Crippen LogP contribution in [-0.2, 0) is 17.8 Å². The minimum atomic E-state index is -0.605. The monoisotopic (exact) mass is 633 g/mol. The summed E-state index contributed by atoms with van der Waals surface area (Å²) in [6, 6.07) is 15.7. The number of piperidine rings is 1. The summed E-state index contributed by atoms with van der Waals surface area (Å²) < 4.78 is 10.3. The van der Waals surface area contributed by atoms with Gasteiger partial charge in [-0.15, -0.1) is 5.92 Å². The van der Waals surface area contributed by atoms with Gasteiger partial charge in [0.1, 0.15) is 5.60 Å². The molecular weight excluding hydrogens is 594 g/mol. The molecule has 1 aliphatic carbocycles. The molecule has 5 aromatic rings. The van der Waals surface area contributed by atoms with Crippen molar-refractivity contribution in [3.05, 3.63) is 75.1 Å². The topological polar surface area (TPSA) is 116 Å². The Kier molecular flexibility index (Phi) is 7.74. The van der Waals surface area contributed by atoms with Crippen molar-refractivity contribution in [1.29, 1.82) is 0 Å². The summed E-state index contributed by atoms with van der Waals surface area (Å²) in [5, 5.41) is 5.94. The van der Waals surface area contributed by atoms with Crippen molar-refractivity contribution in [1.82, 2.24) is 29.0 Å². The van der Waals surface area contributed by atoms with Crippen LogP contribution in [0, 0.1) is 11.8 Å². The lowest BCUT2D eigenvalue weighted by molar-refractivity contribution is 0.0499. The first-order valence-electron chi connectivity index (χ1n) is 16.3. The van der Waals surface area contributed by atoms with Crippen molar-refractivity contribution in [2.75, 3.05) is 18.0 Å². The Balaban J connectivity index is 1.35. The predicted molar refractivity (Wildman–Crippen MR) is 183 cm³/mol. The highest BCUT2D eigenvalue weighted by Crippen LogP contribution is 2.36. The summed E-state index contributed by atoms with van der Waals surface area (Å²) in [6.07, 6.45) is 2.82. The standard InChI is InChI=1S/C36H39N7O4/c1-5-6-20-41-30-31(39-33(41)40-19-11-12-23(21-40)37-34(45)47-36(2,3)4)43(24-17-18-24)35(46)42(32(30)44)22-29-27-15-8-7-13-25(27)26-14-9-10-16-28(26)38-29/h7-10,13-16,23-24H,11-12,17-22H2,1-4H3,(H,37,45)/t23-/m1/s1. The van der Waals surface area contributed by atoms with Gasteiger partial charge in [0.15, 0.2) is 11.2 Å². The maximum Gasteiger partial charge on any atom is 0.407 e. The van der Waals surface area contributed by atoms with Crippen LogP contribution < -0.4 is 21.5 Å². The number of nitrogens with zero attached hydrogens (tertiary/aromatic N) is 6. The van der Waals surface area contributed by atoms with E-state index in [1.807, 2.05) is 73.9 Å². The first kappa shape index (κ1) is 30.5. The van der Waals surface area contributed by atoms with Gasteiger partial charge >= 0.3 is 11.8 Å². The molecule has 1 saturated carbocycles. The second kappa shape index (κ2) is 11.9. The summed E-state index contributed by atoms with van der Waals surface area (Å²) in [6.45, 7) is 8.69. The van der Waals surface area contributed by atoms with Crippen molar-refractivity contribution < 1.29 is 9.53 Å². The van der Waals surface area contributed by atoms with Gasteiger partial charge in [-0.1, -0.05) is 48.4 Å². The second-order valence-corrected chi connectivity index (χ2v) is 13.4. The lowest BCUT2D eigenvalue weighted by Gasteiger charge is -2.34. The molecule has 1 amide bonds. The minimum absolute atomic E-state index is 0.0250. The molecule has 47 heavy (non-hydrogen) atoms. The third-order valence-electron chi connectivity index (χ3n) is 8.79. The molecule has 3 aromatic heterocycles. The molecule has 1 saturated heterocycles. The lowest BCUT2D eigenvalue weighted by atomic mass is 10.0. The van der Waals surface area contributed by atoms with Crippen LogP contribution in [0.1, 0.15) is 65.1 Å². The smallest absolute Gasteiger partial charge is 0.407 e. The van der Waals surface area contributed by atoms with Gasteiger partial charge in [0.05, 0.1) is 24.3 Å². The van der Waals surface area contributed by atoms with Gasteiger partial charge in [-0.2, -0.15) is 4.98 Å². The highest BCUT2D eigenvalue weighted by atomic mass is 16.6. The number of hydrogen-bond acceptors (Lipinski definition) is 7. The Labute approximate surface area is 272 Å². The second-order valence-electron chi connectivity index (χ2n) is 13.4. The molecule has 0 spiro atoms. The number of hydrogen-bond donors (Lipinski definition) is 1. The Morgan fingerprint density at radius 1 is 0.979 bits per heavy atom. The van der Waals surface area contributed by atoms with Gasteiger partial charge in [-0.05, 0) is 64.8 Å². The number of pyridine rings is 1. The number of anilines is 1. The zero-order chi connectivity index (χ0) is 32.9. The van der Waals surface area contributed by atoms with Crippen LogP contribution in [-0.4, -0.2) is 54.5 Å². The zero-order valence-corrected chi connectivity index (χ0v) is 27.2. The Morgan fingerprint density at radius 2 is 1.70 bits per heavy atom. The van der Waals surface area contributed by atoms with Crippen molar-refractivity contribution in [2.24, 2.45) is 0 Å². The number of benzene rings is 2. The highest BCUT2D eigenvalue weighted by molar-refractivity contribution is 6.06. The molecule has 242 valence electrons. The number of imidazole rings is 1. The third kappa shape index (κ3) is 5.84. The van der Waals surface area contributed by atoms with E-state index in [2.05, 4.69) is 22.1 Å². The van der Waals surface area contributed by atoms with Crippen LogP contribution in [0.3, 0.4) is 0 Å². The van der Waals surface area contributed by atoms with Crippen LogP contribution in [0.4, 0.5) is 10.7 Å². The lowest BCUT2D eigenvalue weighted by Crippen LogP contribution is -2.49. The van der Waals surface area contributed by atoms with E-state index in [9.17, 15) is 14.4 Å². The van der Waals surface area contributed by atoms with Crippen LogP contribution in [0.2, 0.25) is 0 Å². The maximum atomic E-state index is 14.5. The van der Waals surface area contributed by atoms with Gasteiger partial charge in [-0.3, -0.25) is 23.5 Å². The van der Waals surface area contributed by atoms with Crippen molar-refractivity contribution >= 4 is 44.9 Å². The first-order chi connectivity index (χ1) is 22.6. The van der Waals surface area contributed by atoms with E-state index < -0.39 is 17.3 Å². The first-order valence-corrected chi connectivity index (χ1v) is 16.3. The van der Waals surface area contributed by atoms with E-state index in [0.29, 0.717) is 35.9 Å². The van der Waals surface area contributed by atoms with Gasteiger partial charge in [0, 0.05) is 35.9 Å². The zero-order valence-electron chi connectivity index (χ0n) is 27.2. The summed E-state index contributed by atoms with van der Waals surface area (Å²) >= 11 is 0. The van der Waals surface area contributed by atoms with E-state index >= 15 is 0 Å². The molecule has 11 nitrogen and oxygen atoms in total. The van der Waals surface area contributed by atoms with E-state index in [0.717, 1.165) is 47.4 Å². The SMILES string of the molecule is CC#CCn1c(N2CCC[C@@H](NC(=O)OC(C)(C)C)C2)nc2c1c(=O)n(Cc1nc3ccccc3c3ccccc13)c(=O)n2C1CC1. The van der Waals surface area contributed by atoms with Crippen LogP contribution in [0.15, 0.2) is 58.1 Å². The summed E-state index contributed by atoms with van der Waals surface area (Å²) in [4.78, 5) is 53.3. The van der Waals surface area contributed by atoms with E-state index in [1.54, 1.807) is 11.5 Å². The number of carbonyl (C=O) groups is 1. The van der Waals surface area contributed by atoms with Crippen LogP contribution in [0.5, 0.6) is 0 Å². The highest BCUT2D eigenvalue weighted by Gasteiger charge is 2.34. The molecular formula is C36H39N7O4. The molecule has 2 aromatic carbocycles. The van der Waals surface area contributed by atoms with E-state index in [1.165, 1.54) is 4.57 Å². The Morgan fingerprint density at radius 3 is 2.43 bits per heavy atom. The maximum absolute atomic E-state index is 14.5. The molecule has 4 heterocycles. The van der Waals surface area contributed by atoms with Crippen LogP contribution in [0.25, 0.3) is 32.8 Å². The number of rotatable bonds is 6. The Hall–Kier alpha value is -5.11. The average molecular weight is 634 g/mol. The molecule has 0 unspecified atom stereocenters. The number of nitrogens with one attached hydrogen (secondary N) is 1. The minimum Gasteiger partial charge on any atom is -0.444 e. The normalized spacial score (nSPS) is 16.8. The molecule has 2 aliphatic rings. The number of aromatic nitrogens is 5. The summed E-state index contributed by atoms with van der Waals surface area (Å²) in [7, 11) is 0. The van der Waals surface area contributed by atoms with Gasteiger partial charge < -0.3 is 15.0 Å². The van der Waals surface area contributed by atoms with Gasteiger partial charge in [-0.25, -0.2) is 9.59 Å². The largest absolute Gasteiger partial charge is 0.444 e. The molecule has 0 bridgehead atoms. The molecule has 0 radical (unpaired) electrons. The number of ether oxygens (including phenoxy) is 1. The average Bonchev–Trinajstić information content (AvgIpc) is 3.80. The fourth-order valence-corrected chi connectivity index (χ4v) is 6.59. The van der Waals surface area contributed by atoms with Crippen LogP contribution >= 0.6 is 0 Å². The molecule has 7 rings (SSSR count). The number of carbonyl (C=O) groups excluding carboxylic acids is 1. The summed E-state index contributed by atoms with van der Waals surface area (Å²) in [5.41, 5.74) is 0.788. The van der Waals surface area contributed by atoms with Gasteiger partial charge in [0.25, 0.3) is 5.56 Å². The van der Waals surface area contributed by atoms with Crippen molar-refractivity contribution in [2.45, 2.75) is 84.2 Å². The fourth-order valence-electron chi connectivity index (χ4n) is 6.59. The number of amides is 1. The molecule has 1 aliphatic heterocycles. The molecule has 1 atom stereocenters. The number of fused-ring (bicyclic) bond motifs is 4. The molecule has 1 N–H and O–H groups in total. The number of alkyl carbamates (subject to hydrolysis) is 1. The van der Waals surface area contributed by atoms with Gasteiger partial charge in [0.2, 0.25) is 5.95 Å². The molecule has 2 fully saturated rings. The third-order valence-corrected chi connectivity index (χ3v) is 8.79. The van der Waals surface area contributed by atoms with Crippen molar-refractivity contribution in [3.8, 4) is 11.8 Å². The Bertz CT molecular complexity index is 2210. The fraction of sp³-hybridized carbons (Fsp3) is 0.417. The number of para-hydroxylation sites is 1. The quantitative estimate of drug-likeness (QED) is 0.208. The molecule has 11 heteroatoms. The summed E-state index contributed by atoms with van der Waals surface area (Å²) in [5.74, 6) is 6.64.